The summed E-state index contributed by atoms with van der Waals surface area (Å²) in [5.41, 5.74) is 13.1. The average molecular weight is 662 g/mol. The molecule has 1 aliphatic heterocycles. The quantitative estimate of drug-likeness (QED) is 0.206. The van der Waals surface area contributed by atoms with Crippen LogP contribution in [0.25, 0.3) is 27.9 Å². The fraction of sp³-hybridized carbons (Fsp3) is 0.444. The number of pyridine rings is 1. The molecule has 3 atom stereocenters. The summed E-state index contributed by atoms with van der Waals surface area (Å²) in [6.45, 7) is 10.6. The monoisotopic (exact) mass is 661 g/mol. The number of anilines is 2. The van der Waals surface area contributed by atoms with Gasteiger partial charge in [0, 0.05) is 47.4 Å². The maximum atomic E-state index is 15.1. The van der Waals surface area contributed by atoms with Crippen LogP contribution in [0, 0.1) is 0 Å². The lowest BCUT2D eigenvalue weighted by molar-refractivity contribution is -0.0118. The number of nitrogens with two attached hydrogens (primary N) is 1. The maximum absolute atomic E-state index is 15.1. The molecule has 8 nitrogen and oxygen atoms in total. The van der Waals surface area contributed by atoms with Gasteiger partial charge < -0.3 is 15.5 Å². The van der Waals surface area contributed by atoms with Crippen LogP contribution in [0.2, 0.25) is 0 Å². The Morgan fingerprint density at radius 3 is 2.68 bits per heavy atom. The van der Waals surface area contributed by atoms with Gasteiger partial charge in [-0.25, -0.2) is 9.37 Å². The van der Waals surface area contributed by atoms with E-state index >= 15 is 4.39 Å². The van der Waals surface area contributed by atoms with E-state index in [9.17, 15) is 4.53 Å². The minimum Gasteiger partial charge on any atom is -0.328 e. The van der Waals surface area contributed by atoms with Gasteiger partial charge in [0.05, 0.1) is 34.2 Å². The number of aromatic nitrogens is 4. The summed E-state index contributed by atoms with van der Waals surface area (Å²) in [5.74, 6) is 0.747. The van der Waals surface area contributed by atoms with Crippen LogP contribution in [0.5, 0.6) is 5.88 Å². The third kappa shape index (κ3) is 5.92. The minimum absolute atomic E-state index is 0.123. The zero-order valence-electron chi connectivity index (χ0n) is 28.0. The lowest BCUT2D eigenvalue weighted by Gasteiger charge is -2.29. The molecule has 1 saturated carbocycles. The SMILES string of the molecule is C=C1N(C)c2cnc3c(c(C4=CC=C(C(F)CCC)CC4)c(-c4cn(C)nc4OF)n3SC(/C=C\C)=C/CC)c2N1C1CC[C@@H](N)C1. The van der Waals surface area contributed by atoms with Crippen molar-refractivity contribution in [2.24, 2.45) is 12.8 Å². The number of fused-ring (bicyclic) bond motifs is 3. The van der Waals surface area contributed by atoms with E-state index in [1.165, 1.54) is 11.9 Å². The fourth-order valence-electron chi connectivity index (χ4n) is 7.23. The van der Waals surface area contributed by atoms with Crippen LogP contribution in [0.4, 0.5) is 20.3 Å². The molecule has 0 aromatic carbocycles. The van der Waals surface area contributed by atoms with E-state index in [1.807, 2.05) is 45.3 Å². The first kappa shape index (κ1) is 33.1. The molecule has 2 N–H and O–H groups in total. The molecule has 2 aliphatic carbocycles. The summed E-state index contributed by atoms with van der Waals surface area (Å²) < 4.78 is 33.0. The Balaban J connectivity index is 1.72. The number of allylic oxidation sites excluding steroid dienone is 7. The maximum Gasteiger partial charge on any atom is 0.290 e. The van der Waals surface area contributed by atoms with Gasteiger partial charge in [-0.15, -0.1) is 5.10 Å². The molecule has 3 aromatic rings. The number of hydrogen-bond donors (Lipinski definition) is 1. The van der Waals surface area contributed by atoms with Crippen molar-refractivity contribution in [3.8, 4) is 17.1 Å². The predicted molar refractivity (Wildman–Crippen MR) is 191 cm³/mol. The number of hydrogen-bond acceptors (Lipinski definition) is 7. The third-order valence-corrected chi connectivity index (χ3v) is 10.5. The number of nitrogens with zero attached hydrogens (tertiary/aromatic N) is 6. The summed E-state index contributed by atoms with van der Waals surface area (Å²) in [7, 11) is 3.77. The van der Waals surface area contributed by atoms with Gasteiger partial charge in [0.2, 0.25) is 0 Å². The van der Waals surface area contributed by atoms with E-state index in [1.54, 1.807) is 17.9 Å². The third-order valence-electron chi connectivity index (χ3n) is 9.48. The van der Waals surface area contributed by atoms with Crippen molar-refractivity contribution in [3.05, 3.63) is 71.2 Å². The normalized spacial score (nSPS) is 20.9. The highest BCUT2D eigenvalue weighted by atomic mass is 32.2. The second kappa shape index (κ2) is 13.7. The first-order valence-corrected chi connectivity index (χ1v) is 17.4. The van der Waals surface area contributed by atoms with Crippen LogP contribution in [0.1, 0.15) is 77.7 Å². The van der Waals surface area contributed by atoms with Gasteiger partial charge in [0.1, 0.15) is 12.0 Å². The van der Waals surface area contributed by atoms with E-state index in [0.717, 1.165) is 87.6 Å². The highest BCUT2D eigenvalue weighted by Crippen LogP contribution is 2.54. The topological polar surface area (TPSA) is 77.4 Å². The standard InChI is InChI=1S/C36H45F2N7OS/c1-7-10-27(11-8-2)47-45-33(28-21-42(5)41-36(28)46-38)31(24-15-13-23(14-16-24)29(37)12-9-3)32-34-30(20-40-35(32)45)43(6)22(4)44(34)26-18-17-25(39)19-26/h7,10-11,13,15,20-21,25-26,29H,4,8-9,12,14,16-19,39H2,1-3,5-6H3/b10-7-,27-11+/t25-,26?,29?/m1/s1. The lowest BCUT2D eigenvalue weighted by Crippen LogP contribution is -2.34. The van der Waals surface area contributed by atoms with Gasteiger partial charge >= 0.3 is 0 Å². The minimum atomic E-state index is -0.966. The van der Waals surface area contributed by atoms with Crippen molar-refractivity contribution in [3.63, 3.8) is 0 Å². The van der Waals surface area contributed by atoms with Gasteiger partial charge in [-0.2, -0.15) is 0 Å². The summed E-state index contributed by atoms with van der Waals surface area (Å²) in [4.78, 5) is 15.0. The largest absolute Gasteiger partial charge is 0.328 e. The highest BCUT2D eigenvalue weighted by molar-refractivity contribution is 8.02. The molecule has 0 saturated heterocycles. The molecule has 2 unspecified atom stereocenters. The second-order valence-electron chi connectivity index (χ2n) is 12.7. The molecule has 4 heterocycles. The van der Waals surface area contributed by atoms with Gasteiger partial charge in [-0.05, 0) is 75.0 Å². The molecule has 250 valence electrons. The molecule has 0 bridgehead atoms. The summed E-state index contributed by atoms with van der Waals surface area (Å²) in [6.07, 6.45) is 19.0. The van der Waals surface area contributed by atoms with Crippen LogP contribution in [-0.2, 0) is 7.05 Å². The van der Waals surface area contributed by atoms with Crippen molar-refractivity contribution in [2.75, 3.05) is 16.8 Å². The van der Waals surface area contributed by atoms with Crippen LogP contribution in [-0.4, -0.2) is 44.0 Å². The van der Waals surface area contributed by atoms with Crippen LogP contribution >= 0.6 is 11.9 Å². The van der Waals surface area contributed by atoms with E-state index in [2.05, 4.69) is 49.5 Å². The Bertz CT molecular complexity index is 1800. The van der Waals surface area contributed by atoms with E-state index in [0.29, 0.717) is 24.8 Å². The molecule has 0 spiro atoms. The van der Waals surface area contributed by atoms with Gasteiger partial charge in [-0.3, -0.25) is 13.6 Å². The first-order valence-electron chi connectivity index (χ1n) is 16.6. The molecule has 47 heavy (non-hydrogen) atoms. The first-order chi connectivity index (χ1) is 22.7. The van der Waals surface area contributed by atoms with Crippen LogP contribution in [0.3, 0.4) is 0 Å². The Labute approximate surface area is 280 Å². The van der Waals surface area contributed by atoms with Crippen molar-refractivity contribution in [2.45, 2.75) is 90.4 Å². The van der Waals surface area contributed by atoms with Gasteiger partial charge in [0.25, 0.3) is 5.88 Å². The van der Waals surface area contributed by atoms with E-state index < -0.39 is 6.17 Å². The van der Waals surface area contributed by atoms with Crippen LogP contribution < -0.4 is 20.5 Å². The Morgan fingerprint density at radius 2 is 2.04 bits per heavy atom. The Morgan fingerprint density at radius 1 is 1.23 bits per heavy atom. The molecular formula is C36H45F2N7OS. The zero-order chi connectivity index (χ0) is 33.4. The zero-order valence-corrected chi connectivity index (χ0v) is 28.8. The molecule has 1 fully saturated rings. The number of halogens is 2. The Hall–Kier alpha value is -3.83. The van der Waals surface area contributed by atoms with Crippen LogP contribution in [0.15, 0.2) is 65.7 Å². The summed E-state index contributed by atoms with van der Waals surface area (Å²) >= 11 is 1.53. The van der Waals surface area contributed by atoms with E-state index in [-0.39, 0.29) is 18.0 Å². The number of alkyl halides is 1. The van der Waals surface area contributed by atoms with Gasteiger partial charge in [-0.1, -0.05) is 57.2 Å². The van der Waals surface area contributed by atoms with Crippen molar-refractivity contribution in [1.29, 1.82) is 0 Å². The number of rotatable bonds is 11. The summed E-state index contributed by atoms with van der Waals surface area (Å²) in [6, 6.07) is 0.298. The highest BCUT2D eigenvalue weighted by Gasteiger charge is 2.41. The van der Waals surface area contributed by atoms with Gasteiger partial charge in [0.15, 0.2) is 5.65 Å². The summed E-state index contributed by atoms with van der Waals surface area (Å²) in [5, 5.41) is 5.25. The Kier molecular flexibility index (Phi) is 9.66. The molecule has 6 rings (SSSR count). The van der Waals surface area contributed by atoms with Crippen molar-refractivity contribution in [1.82, 2.24) is 18.7 Å². The number of aryl methyl sites for hydroxylation is 1. The van der Waals surface area contributed by atoms with Crippen molar-refractivity contribution < 1.29 is 13.9 Å². The molecular weight excluding hydrogens is 617 g/mol. The molecule has 0 amide bonds. The molecule has 11 heteroatoms. The smallest absolute Gasteiger partial charge is 0.290 e. The lowest BCUT2D eigenvalue weighted by atomic mass is 9.88. The molecule has 3 aliphatic rings. The molecule has 0 radical (unpaired) electrons. The molecule has 3 aromatic heterocycles. The second-order valence-corrected chi connectivity index (χ2v) is 13.7. The predicted octanol–water partition coefficient (Wildman–Crippen LogP) is 8.92. The van der Waals surface area contributed by atoms with Crippen molar-refractivity contribution >= 4 is 39.9 Å². The fourth-order valence-corrected chi connectivity index (χ4v) is 8.39. The average Bonchev–Trinajstić information content (AvgIpc) is 3.80. The van der Waals surface area contributed by atoms with E-state index in [4.69, 9.17) is 10.7 Å².